The fourth-order valence-electron chi connectivity index (χ4n) is 4.34. The monoisotopic (exact) mass is 359 g/mol. The van der Waals surface area contributed by atoms with Crippen LogP contribution in [0.5, 0.6) is 0 Å². The second kappa shape index (κ2) is 6.00. The summed E-state index contributed by atoms with van der Waals surface area (Å²) in [5, 5.41) is 6.70. The minimum Gasteiger partial charge on any atom is -0.358 e. The Morgan fingerprint density at radius 2 is 1.69 bits per heavy atom. The number of hydrogen-bond donors (Lipinski definition) is 1. The molecule has 128 valence electrons. The molecular weight excluding hydrogens is 342 g/mol. The Morgan fingerprint density at radius 3 is 2.58 bits per heavy atom. The molecule has 0 aromatic heterocycles. The Labute approximate surface area is 157 Å². The summed E-state index contributed by atoms with van der Waals surface area (Å²) in [5.74, 6) is 0.134. The van der Waals surface area contributed by atoms with Gasteiger partial charge in [0.25, 0.3) is 0 Å². The maximum atomic E-state index is 12.9. The Kier molecular flexibility index (Phi) is 3.61. The molecule has 0 radical (unpaired) electrons. The number of halogens is 1. The molecule has 5 rings (SSSR count). The van der Waals surface area contributed by atoms with Gasteiger partial charge in [-0.05, 0) is 35.4 Å². The number of benzene rings is 3. The van der Waals surface area contributed by atoms with Crippen molar-refractivity contribution in [2.24, 2.45) is 0 Å². The van der Waals surface area contributed by atoms with E-state index in [1.165, 1.54) is 10.8 Å². The molecular formula is C23H18ClNO. The summed E-state index contributed by atoms with van der Waals surface area (Å²) >= 11 is 6.57. The van der Waals surface area contributed by atoms with Crippen molar-refractivity contribution in [3.05, 3.63) is 88.1 Å². The maximum absolute atomic E-state index is 12.9. The van der Waals surface area contributed by atoms with Crippen LogP contribution in [0, 0.1) is 0 Å². The van der Waals surface area contributed by atoms with Gasteiger partial charge in [-0.3, -0.25) is 4.79 Å². The van der Waals surface area contributed by atoms with Gasteiger partial charge in [0, 0.05) is 34.0 Å². The molecule has 0 fully saturated rings. The molecule has 26 heavy (non-hydrogen) atoms. The molecule has 3 aromatic rings. The van der Waals surface area contributed by atoms with Crippen molar-refractivity contribution < 1.29 is 4.79 Å². The van der Waals surface area contributed by atoms with Gasteiger partial charge in [0.15, 0.2) is 5.78 Å². The predicted octanol–water partition coefficient (Wildman–Crippen LogP) is 6.06. The number of carbonyl (C=O) groups excluding carboxylic acids is 1. The van der Waals surface area contributed by atoms with E-state index in [9.17, 15) is 4.79 Å². The summed E-state index contributed by atoms with van der Waals surface area (Å²) in [7, 11) is 0. The first-order valence-electron chi connectivity index (χ1n) is 9.03. The molecule has 1 unspecified atom stereocenters. The number of rotatable bonds is 1. The number of hydrogen-bond acceptors (Lipinski definition) is 2. The van der Waals surface area contributed by atoms with Crippen LogP contribution in [0.25, 0.3) is 10.8 Å². The molecule has 0 saturated carbocycles. The summed E-state index contributed by atoms with van der Waals surface area (Å²) < 4.78 is 0. The van der Waals surface area contributed by atoms with E-state index in [4.69, 9.17) is 11.6 Å². The zero-order valence-electron chi connectivity index (χ0n) is 14.3. The van der Waals surface area contributed by atoms with Crippen LogP contribution in [0.2, 0.25) is 5.02 Å². The summed E-state index contributed by atoms with van der Waals surface area (Å²) in [4.78, 5) is 12.9. The molecule has 3 aromatic carbocycles. The van der Waals surface area contributed by atoms with Crippen molar-refractivity contribution in [3.63, 3.8) is 0 Å². The van der Waals surface area contributed by atoms with E-state index < -0.39 is 0 Å². The highest BCUT2D eigenvalue weighted by molar-refractivity contribution is 6.31. The molecule has 3 heteroatoms. The lowest BCUT2D eigenvalue weighted by Gasteiger charge is -2.35. The van der Waals surface area contributed by atoms with Crippen molar-refractivity contribution in [1.82, 2.24) is 0 Å². The number of Topliss-reactive ketones (excluding diaryl/α,β-unsaturated/α-hetero) is 1. The van der Waals surface area contributed by atoms with Crippen molar-refractivity contribution in [1.29, 1.82) is 0 Å². The fraction of sp³-hybridized carbons (Fsp3) is 0.174. The second-order valence-electron chi connectivity index (χ2n) is 7.00. The third-order valence-electron chi connectivity index (χ3n) is 5.51. The number of nitrogens with one attached hydrogen (secondary N) is 1. The highest BCUT2D eigenvalue weighted by Gasteiger charge is 2.36. The van der Waals surface area contributed by atoms with E-state index >= 15 is 0 Å². The summed E-state index contributed by atoms with van der Waals surface area (Å²) in [6, 6.07) is 20.5. The predicted molar refractivity (Wildman–Crippen MR) is 107 cm³/mol. The molecule has 1 N–H and O–H groups in total. The number of allylic oxidation sites excluding steroid dienone is 2. The van der Waals surface area contributed by atoms with Gasteiger partial charge in [-0.1, -0.05) is 66.2 Å². The van der Waals surface area contributed by atoms with E-state index in [1.807, 2.05) is 24.3 Å². The van der Waals surface area contributed by atoms with E-state index in [2.05, 4.69) is 41.7 Å². The van der Waals surface area contributed by atoms with E-state index in [1.54, 1.807) is 0 Å². The minimum atomic E-state index is -0.104. The molecule has 1 heterocycles. The SMILES string of the molecule is O=C1CCCC2=C1C(c1ccccc1Cl)c1ccc3ccccc3c1N2. The normalized spacial score (nSPS) is 19.1. The lowest BCUT2D eigenvalue weighted by Crippen LogP contribution is -2.27. The van der Waals surface area contributed by atoms with E-state index in [-0.39, 0.29) is 11.7 Å². The molecule has 0 amide bonds. The fourth-order valence-corrected chi connectivity index (χ4v) is 4.58. The van der Waals surface area contributed by atoms with Crippen LogP contribution in [-0.4, -0.2) is 5.78 Å². The Bertz CT molecular complexity index is 1080. The van der Waals surface area contributed by atoms with Crippen LogP contribution in [0.1, 0.15) is 36.3 Å². The quantitative estimate of drug-likeness (QED) is 0.572. The van der Waals surface area contributed by atoms with Crippen LogP contribution in [-0.2, 0) is 4.79 Å². The molecule has 0 spiro atoms. The average Bonchev–Trinajstić information content (AvgIpc) is 2.67. The number of anilines is 1. The van der Waals surface area contributed by atoms with Crippen LogP contribution in [0.15, 0.2) is 71.9 Å². The highest BCUT2D eigenvalue weighted by atomic mass is 35.5. The summed E-state index contributed by atoms with van der Waals surface area (Å²) in [6.45, 7) is 0. The zero-order chi connectivity index (χ0) is 17.7. The molecule has 0 bridgehead atoms. The largest absolute Gasteiger partial charge is 0.358 e. The molecule has 1 aliphatic heterocycles. The van der Waals surface area contributed by atoms with Gasteiger partial charge in [-0.2, -0.15) is 0 Å². The van der Waals surface area contributed by atoms with Crippen molar-refractivity contribution >= 4 is 33.8 Å². The molecule has 2 nitrogen and oxygen atoms in total. The van der Waals surface area contributed by atoms with Crippen LogP contribution in [0.4, 0.5) is 5.69 Å². The summed E-state index contributed by atoms with van der Waals surface area (Å²) in [5.41, 5.74) is 5.21. The molecule has 1 atom stereocenters. The zero-order valence-corrected chi connectivity index (χ0v) is 15.0. The molecule has 2 aliphatic rings. The van der Waals surface area contributed by atoms with Crippen molar-refractivity contribution in [2.45, 2.75) is 25.2 Å². The third-order valence-corrected chi connectivity index (χ3v) is 5.85. The topological polar surface area (TPSA) is 29.1 Å². The third kappa shape index (κ3) is 2.29. The lowest BCUT2D eigenvalue weighted by atomic mass is 9.75. The van der Waals surface area contributed by atoms with Gasteiger partial charge in [0.1, 0.15) is 0 Å². The number of ketones is 1. The average molecular weight is 360 g/mol. The van der Waals surface area contributed by atoms with Gasteiger partial charge in [-0.25, -0.2) is 0 Å². The Balaban J connectivity index is 1.83. The standard InChI is InChI=1S/C23H18ClNO/c24-18-9-4-3-8-16(18)21-17-13-12-14-6-1-2-7-15(14)23(17)25-19-10-5-11-20(26)22(19)21/h1-4,6-9,12-13,21,25H,5,10-11H2. The molecule has 1 aliphatic carbocycles. The number of fused-ring (bicyclic) bond motifs is 3. The first-order valence-corrected chi connectivity index (χ1v) is 9.41. The van der Waals surface area contributed by atoms with Crippen LogP contribution < -0.4 is 5.32 Å². The number of carbonyl (C=O) groups is 1. The molecule has 0 saturated heterocycles. The van der Waals surface area contributed by atoms with E-state index in [0.717, 1.165) is 40.9 Å². The van der Waals surface area contributed by atoms with Crippen LogP contribution in [0.3, 0.4) is 0 Å². The van der Waals surface area contributed by atoms with Crippen molar-refractivity contribution in [3.8, 4) is 0 Å². The minimum absolute atomic E-state index is 0.104. The van der Waals surface area contributed by atoms with Gasteiger partial charge < -0.3 is 5.32 Å². The van der Waals surface area contributed by atoms with Crippen LogP contribution >= 0.6 is 11.6 Å². The first kappa shape index (κ1) is 15.7. The lowest BCUT2D eigenvalue weighted by molar-refractivity contribution is -0.116. The highest BCUT2D eigenvalue weighted by Crippen LogP contribution is 2.48. The van der Waals surface area contributed by atoms with Gasteiger partial charge >= 0.3 is 0 Å². The van der Waals surface area contributed by atoms with E-state index in [0.29, 0.717) is 11.4 Å². The van der Waals surface area contributed by atoms with Gasteiger partial charge in [0.05, 0.1) is 5.69 Å². The Hall–Kier alpha value is -2.58. The summed E-state index contributed by atoms with van der Waals surface area (Å²) in [6.07, 6.45) is 2.43. The maximum Gasteiger partial charge on any atom is 0.161 e. The smallest absolute Gasteiger partial charge is 0.161 e. The Morgan fingerprint density at radius 1 is 0.885 bits per heavy atom. The van der Waals surface area contributed by atoms with Gasteiger partial charge in [-0.15, -0.1) is 0 Å². The first-order chi connectivity index (χ1) is 12.7. The van der Waals surface area contributed by atoms with Crippen molar-refractivity contribution in [2.75, 3.05) is 5.32 Å². The van der Waals surface area contributed by atoms with Gasteiger partial charge in [0.2, 0.25) is 0 Å². The second-order valence-corrected chi connectivity index (χ2v) is 7.41.